The van der Waals surface area contributed by atoms with Crippen molar-refractivity contribution in [2.45, 2.75) is 6.42 Å². The maximum Gasteiger partial charge on any atom is 0.414 e. The molecule has 0 saturated carbocycles. The summed E-state index contributed by atoms with van der Waals surface area (Å²) >= 11 is 0. The Labute approximate surface area is 163 Å². The van der Waals surface area contributed by atoms with E-state index in [1.807, 2.05) is 0 Å². The molecule has 1 heterocycles. The second kappa shape index (κ2) is 11.8. The zero-order chi connectivity index (χ0) is 21.1. The summed E-state index contributed by atoms with van der Waals surface area (Å²) in [6.07, 6.45) is 0.476. The largest absolute Gasteiger partial charge is 0.497 e. The van der Waals surface area contributed by atoms with Crippen LogP contribution in [0.15, 0.2) is 18.2 Å². The number of methoxy groups -OCH3 is 2. The van der Waals surface area contributed by atoms with Crippen LogP contribution in [0.25, 0.3) is 0 Å². The fourth-order valence-corrected chi connectivity index (χ4v) is 2.46. The van der Waals surface area contributed by atoms with E-state index in [4.69, 9.17) is 29.3 Å². The topological polar surface area (TPSA) is 129 Å². The first-order valence-corrected chi connectivity index (χ1v) is 8.65. The van der Waals surface area contributed by atoms with Gasteiger partial charge in [0.25, 0.3) is 0 Å². The van der Waals surface area contributed by atoms with Crippen molar-refractivity contribution in [1.82, 2.24) is 9.80 Å². The normalized spacial score (nSPS) is 14.4. The van der Waals surface area contributed by atoms with Gasteiger partial charge in [-0.3, -0.25) is 4.79 Å². The van der Waals surface area contributed by atoms with Gasteiger partial charge in [-0.25, -0.2) is 9.59 Å². The lowest BCUT2D eigenvalue weighted by molar-refractivity contribution is -0.159. The monoisotopic (exact) mass is 397 g/mol. The number of carbonyl (C=O) groups is 3. The maximum absolute atomic E-state index is 12.1. The Hall–Kier alpha value is -2.85. The molecule has 1 aliphatic rings. The first kappa shape index (κ1) is 23.2. The van der Waals surface area contributed by atoms with Gasteiger partial charge in [0.1, 0.15) is 11.5 Å². The highest BCUT2D eigenvalue weighted by Gasteiger charge is 2.15. The molecule has 0 unspecified atom stereocenters. The molecule has 0 atom stereocenters. The molecule has 156 valence electrons. The number of carboxylic acids is 2. The number of nitrogens with one attached hydrogen (secondary N) is 1. The Morgan fingerprint density at radius 1 is 1.04 bits per heavy atom. The van der Waals surface area contributed by atoms with Gasteiger partial charge in [0.2, 0.25) is 5.91 Å². The zero-order valence-corrected chi connectivity index (χ0v) is 16.3. The van der Waals surface area contributed by atoms with Gasteiger partial charge in [-0.2, -0.15) is 0 Å². The first-order valence-electron chi connectivity index (χ1n) is 8.65. The number of piperazine rings is 1. The second-order valence-electron chi connectivity index (χ2n) is 6.12. The van der Waals surface area contributed by atoms with Gasteiger partial charge < -0.3 is 34.8 Å². The minimum absolute atomic E-state index is 0.00881. The first-order chi connectivity index (χ1) is 13.3. The molecular formula is C18H27N3O7. The van der Waals surface area contributed by atoms with Crippen LogP contribution in [-0.4, -0.2) is 91.8 Å². The Morgan fingerprint density at radius 3 is 2.14 bits per heavy atom. The predicted octanol–water partition coefficient (Wildman–Crippen LogP) is 0.435. The standard InChI is InChI=1S/C16H25N3O3.C2H2O4/c1-18-8-10-19(11-9-18)7-6-16(20)17-14-12-13(21-2)4-5-15(14)22-3;3-1(4)2(5)6/h4-5,12H,6-11H2,1-3H3,(H,17,20);(H,3,4)(H,5,6). The summed E-state index contributed by atoms with van der Waals surface area (Å²) in [4.78, 5) is 35.0. The molecule has 0 aliphatic carbocycles. The molecule has 1 aromatic carbocycles. The minimum Gasteiger partial charge on any atom is -0.497 e. The zero-order valence-electron chi connectivity index (χ0n) is 16.3. The molecule has 10 nitrogen and oxygen atoms in total. The summed E-state index contributed by atoms with van der Waals surface area (Å²) in [6, 6.07) is 5.36. The number of ether oxygens (including phenoxy) is 2. The molecule has 3 N–H and O–H groups in total. The van der Waals surface area contributed by atoms with Gasteiger partial charge >= 0.3 is 11.9 Å². The van der Waals surface area contributed by atoms with Crippen molar-refractivity contribution >= 4 is 23.5 Å². The van der Waals surface area contributed by atoms with Crippen molar-refractivity contribution in [3.8, 4) is 11.5 Å². The van der Waals surface area contributed by atoms with Crippen molar-refractivity contribution in [1.29, 1.82) is 0 Å². The van der Waals surface area contributed by atoms with Crippen molar-refractivity contribution in [2.24, 2.45) is 0 Å². The van der Waals surface area contributed by atoms with E-state index >= 15 is 0 Å². The van der Waals surface area contributed by atoms with Crippen LogP contribution in [0.3, 0.4) is 0 Å². The van der Waals surface area contributed by atoms with E-state index in [0.717, 1.165) is 32.7 Å². The quantitative estimate of drug-likeness (QED) is 0.585. The lowest BCUT2D eigenvalue weighted by Crippen LogP contribution is -2.45. The number of anilines is 1. The highest BCUT2D eigenvalue weighted by molar-refractivity contribution is 6.27. The molecule has 0 radical (unpaired) electrons. The number of amides is 1. The molecule has 0 spiro atoms. The molecule has 1 amide bonds. The smallest absolute Gasteiger partial charge is 0.414 e. The Balaban J connectivity index is 0.000000568. The van der Waals surface area contributed by atoms with Crippen molar-refractivity contribution < 1.29 is 34.1 Å². The van der Waals surface area contributed by atoms with Crippen molar-refractivity contribution in [3.05, 3.63) is 18.2 Å². The average molecular weight is 397 g/mol. The number of carbonyl (C=O) groups excluding carboxylic acids is 1. The SMILES string of the molecule is COc1ccc(OC)c(NC(=O)CCN2CCN(C)CC2)c1.O=C(O)C(=O)O. The molecular weight excluding hydrogens is 370 g/mol. The van der Waals surface area contributed by atoms with E-state index in [1.54, 1.807) is 32.4 Å². The highest BCUT2D eigenvalue weighted by atomic mass is 16.5. The van der Waals surface area contributed by atoms with Gasteiger partial charge in [0.05, 0.1) is 19.9 Å². The summed E-state index contributed by atoms with van der Waals surface area (Å²) in [7, 11) is 5.31. The summed E-state index contributed by atoms with van der Waals surface area (Å²) in [6.45, 7) is 4.95. The fraction of sp³-hybridized carbons (Fsp3) is 0.500. The van der Waals surface area contributed by atoms with E-state index in [2.05, 4.69) is 22.2 Å². The number of hydrogen-bond acceptors (Lipinski definition) is 7. The van der Waals surface area contributed by atoms with Crippen molar-refractivity contribution in [3.63, 3.8) is 0 Å². The predicted molar refractivity (Wildman–Crippen MR) is 102 cm³/mol. The molecule has 0 aromatic heterocycles. The molecule has 1 saturated heterocycles. The van der Waals surface area contributed by atoms with E-state index in [1.165, 1.54) is 0 Å². The lowest BCUT2D eigenvalue weighted by Gasteiger charge is -2.32. The van der Waals surface area contributed by atoms with Crippen LogP contribution in [0.4, 0.5) is 5.69 Å². The van der Waals surface area contributed by atoms with E-state index in [-0.39, 0.29) is 5.91 Å². The molecule has 2 rings (SSSR count). The Morgan fingerprint density at radius 2 is 1.64 bits per heavy atom. The fourth-order valence-electron chi connectivity index (χ4n) is 2.46. The van der Waals surface area contributed by atoms with E-state index in [9.17, 15) is 4.79 Å². The van der Waals surface area contributed by atoms with Crippen molar-refractivity contribution in [2.75, 3.05) is 59.3 Å². The van der Waals surface area contributed by atoms with Gasteiger partial charge in [-0.1, -0.05) is 0 Å². The number of likely N-dealkylation sites (N-methyl/N-ethyl adjacent to an activating group) is 1. The van der Waals surface area contributed by atoms with Crippen LogP contribution in [0.5, 0.6) is 11.5 Å². The third kappa shape index (κ3) is 8.23. The van der Waals surface area contributed by atoms with E-state index < -0.39 is 11.9 Å². The number of hydrogen-bond donors (Lipinski definition) is 3. The van der Waals surface area contributed by atoms with Crippen LogP contribution in [0.1, 0.15) is 6.42 Å². The number of nitrogens with zero attached hydrogens (tertiary/aromatic N) is 2. The number of benzene rings is 1. The third-order valence-electron chi connectivity index (χ3n) is 4.11. The molecule has 1 aliphatic heterocycles. The summed E-state index contributed by atoms with van der Waals surface area (Å²) in [5.74, 6) is -2.33. The van der Waals surface area contributed by atoms with E-state index in [0.29, 0.717) is 23.6 Å². The Bertz CT molecular complexity index is 661. The van der Waals surface area contributed by atoms with Gasteiger partial charge in [0.15, 0.2) is 0 Å². The number of rotatable bonds is 6. The summed E-state index contributed by atoms with van der Waals surface area (Å²) in [5.41, 5.74) is 0.644. The molecule has 28 heavy (non-hydrogen) atoms. The van der Waals surface area contributed by atoms with Crippen LogP contribution >= 0.6 is 0 Å². The summed E-state index contributed by atoms with van der Waals surface area (Å²) in [5, 5.41) is 17.7. The highest BCUT2D eigenvalue weighted by Crippen LogP contribution is 2.28. The second-order valence-corrected chi connectivity index (χ2v) is 6.12. The van der Waals surface area contributed by atoms with Gasteiger partial charge in [-0.05, 0) is 19.2 Å². The average Bonchev–Trinajstić information content (AvgIpc) is 2.67. The number of carboxylic acid groups (broad SMARTS) is 2. The minimum atomic E-state index is -1.82. The lowest BCUT2D eigenvalue weighted by atomic mass is 10.2. The van der Waals surface area contributed by atoms with Crippen LogP contribution in [-0.2, 0) is 14.4 Å². The van der Waals surface area contributed by atoms with Crippen LogP contribution in [0.2, 0.25) is 0 Å². The van der Waals surface area contributed by atoms with Crippen LogP contribution in [0, 0.1) is 0 Å². The Kier molecular flexibility index (Phi) is 9.75. The van der Waals surface area contributed by atoms with Crippen LogP contribution < -0.4 is 14.8 Å². The number of aliphatic carboxylic acids is 2. The van der Waals surface area contributed by atoms with Gasteiger partial charge in [-0.15, -0.1) is 0 Å². The van der Waals surface area contributed by atoms with Gasteiger partial charge in [0, 0.05) is 45.2 Å². The third-order valence-corrected chi connectivity index (χ3v) is 4.11. The molecule has 0 bridgehead atoms. The molecule has 1 fully saturated rings. The maximum atomic E-state index is 12.1. The molecule has 10 heteroatoms. The molecule has 1 aromatic rings. The summed E-state index contributed by atoms with van der Waals surface area (Å²) < 4.78 is 10.4.